The van der Waals surface area contributed by atoms with Gasteiger partial charge in [0.25, 0.3) is 0 Å². The molecule has 0 radical (unpaired) electrons. The lowest BCUT2D eigenvalue weighted by molar-refractivity contribution is 0.590. The first kappa shape index (κ1) is 37.5. The fraction of sp³-hybridized carbons (Fsp3) is 0.129. The van der Waals surface area contributed by atoms with Crippen LogP contribution in [0, 0.1) is 0 Å². The van der Waals surface area contributed by atoms with Crippen molar-refractivity contribution in [1.82, 2.24) is 0 Å². The summed E-state index contributed by atoms with van der Waals surface area (Å²) in [5.41, 5.74) is 16.7. The Balaban J connectivity index is 1.14. The Kier molecular flexibility index (Phi) is 8.13. The molecule has 63 heavy (non-hydrogen) atoms. The fourth-order valence-corrected chi connectivity index (χ4v) is 10.8. The lowest BCUT2D eigenvalue weighted by atomic mass is 9.82. The second-order valence-corrected chi connectivity index (χ2v) is 19.6. The summed E-state index contributed by atoms with van der Waals surface area (Å²) in [5, 5.41) is 13.0. The van der Waals surface area contributed by atoms with Crippen LogP contribution < -0.4 is 4.90 Å². The van der Waals surface area contributed by atoms with E-state index >= 15 is 0 Å². The predicted molar refractivity (Wildman–Crippen MR) is 273 cm³/mol. The molecule has 0 atom stereocenters. The molecular weight excluding hydrogens is 759 g/mol. The zero-order chi connectivity index (χ0) is 42.8. The van der Waals surface area contributed by atoms with Crippen LogP contribution in [0.2, 0.25) is 0 Å². The van der Waals surface area contributed by atoms with Crippen molar-refractivity contribution in [3.8, 4) is 44.5 Å². The van der Waals surface area contributed by atoms with Gasteiger partial charge in [-0.1, -0.05) is 199 Å². The normalized spacial score (nSPS) is 12.6. The minimum atomic E-state index is 0.0641. The van der Waals surface area contributed by atoms with Gasteiger partial charge < -0.3 is 4.90 Å². The average molecular weight is 808 g/mol. The average Bonchev–Trinajstić information content (AvgIpc) is 3.63. The summed E-state index contributed by atoms with van der Waals surface area (Å²) in [6.07, 6.45) is 0. The Morgan fingerprint density at radius 3 is 1.16 bits per heavy atom. The second kappa shape index (κ2) is 13.6. The van der Waals surface area contributed by atoms with Gasteiger partial charge in [-0.2, -0.15) is 0 Å². The van der Waals surface area contributed by atoms with E-state index in [9.17, 15) is 0 Å². The molecule has 0 amide bonds. The highest BCUT2D eigenvalue weighted by Gasteiger charge is 2.32. The minimum Gasteiger partial charge on any atom is -0.310 e. The molecule has 1 nitrogen and oxygen atoms in total. The van der Waals surface area contributed by atoms with E-state index in [2.05, 4.69) is 234 Å². The number of nitrogens with zero attached hydrogens (tertiary/aromatic N) is 1. The van der Waals surface area contributed by atoms with Crippen LogP contribution in [-0.2, 0) is 10.8 Å². The van der Waals surface area contributed by atoms with Gasteiger partial charge in [0.2, 0.25) is 0 Å². The summed E-state index contributed by atoms with van der Waals surface area (Å²) >= 11 is 0. The molecule has 0 saturated heterocycles. The SMILES string of the molecule is CC(C)(C)c1ccc(N(c2ccc(C(C)(C)C)cc2)c2ccc3c4ccc5c6c(ccc(c7cccc2c73)c64)-c2c-5c(-c3ccccc3)c3ccccc3c2-c2ccccc2)cc1. The van der Waals surface area contributed by atoms with Crippen LogP contribution in [0.25, 0.3) is 98.4 Å². The Morgan fingerprint density at radius 2 is 0.683 bits per heavy atom. The second-order valence-electron chi connectivity index (χ2n) is 19.6. The van der Waals surface area contributed by atoms with Crippen LogP contribution in [0.3, 0.4) is 0 Å². The molecule has 0 heterocycles. The van der Waals surface area contributed by atoms with Crippen LogP contribution in [-0.4, -0.2) is 0 Å². The first-order valence-electron chi connectivity index (χ1n) is 22.4. The van der Waals surface area contributed by atoms with E-state index in [4.69, 9.17) is 0 Å². The van der Waals surface area contributed by atoms with Gasteiger partial charge >= 0.3 is 0 Å². The van der Waals surface area contributed by atoms with Gasteiger partial charge in [0.1, 0.15) is 0 Å². The Bertz CT molecular complexity index is 3390. The highest BCUT2D eigenvalue weighted by atomic mass is 15.1. The van der Waals surface area contributed by atoms with Crippen molar-refractivity contribution >= 4 is 70.9 Å². The molecule has 1 aliphatic carbocycles. The summed E-state index contributed by atoms with van der Waals surface area (Å²) in [5.74, 6) is 0. The maximum Gasteiger partial charge on any atom is 0.0540 e. The molecule has 0 aromatic heterocycles. The molecule has 0 saturated carbocycles. The van der Waals surface area contributed by atoms with Crippen molar-refractivity contribution in [2.45, 2.75) is 52.4 Å². The van der Waals surface area contributed by atoms with Crippen LogP contribution in [0.1, 0.15) is 52.7 Å². The van der Waals surface area contributed by atoms with Gasteiger partial charge in [0.05, 0.1) is 5.69 Å². The third-order valence-corrected chi connectivity index (χ3v) is 13.9. The molecule has 11 aromatic rings. The third-order valence-electron chi connectivity index (χ3n) is 13.9. The number of hydrogen-bond acceptors (Lipinski definition) is 1. The highest BCUT2D eigenvalue weighted by Crippen LogP contribution is 2.60. The number of benzene rings is 11. The first-order chi connectivity index (χ1) is 30.6. The summed E-state index contributed by atoms with van der Waals surface area (Å²) in [4.78, 5) is 2.46. The van der Waals surface area contributed by atoms with Crippen molar-refractivity contribution in [3.63, 3.8) is 0 Å². The van der Waals surface area contributed by atoms with E-state index < -0.39 is 0 Å². The molecule has 0 N–H and O–H groups in total. The summed E-state index contributed by atoms with van der Waals surface area (Å²) in [7, 11) is 0. The van der Waals surface area contributed by atoms with Gasteiger partial charge in [-0.15, -0.1) is 0 Å². The maximum atomic E-state index is 2.46. The summed E-state index contributed by atoms with van der Waals surface area (Å²) < 4.78 is 0. The molecule has 0 spiro atoms. The molecule has 12 rings (SSSR count). The zero-order valence-corrected chi connectivity index (χ0v) is 36.8. The molecule has 1 heteroatoms. The largest absolute Gasteiger partial charge is 0.310 e. The summed E-state index contributed by atoms with van der Waals surface area (Å²) in [6.45, 7) is 13.7. The van der Waals surface area contributed by atoms with Crippen LogP contribution >= 0.6 is 0 Å². The number of anilines is 3. The summed E-state index contributed by atoms with van der Waals surface area (Å²) in [6, 6.07) is 71.0. The van der Waals surface area contributed by atoms with Crippen LogP contribution in [0.15, 0.2) is 188 Å². The van der Waals surface area contributed by atoms with Gasteiger partial charge in [-0.25, -0.2) is 0 Å². The van der Waals surface area contributed by atoms with Crippen molar-refractivity contribution in [2.24, 2.45) is 0 Å². The maximum absolute atomic E-state index is 2.46. The van der Waals surface area contributed by atoms with E-state index in [0.717, 1.165) is 11.4 Å². The molecule has 1 aliphatic rings. The minimum absolute atomic E-state index is 0.0641. The van der Waals surface area contributed by atoms with Gasteiger partial charge in [-0.3, -0.25) is 0 Å². The Labute approximate surface area is 370 Å². The smallest absolute Gasteiger partial charge is 0.0540 e. The van der Waals surface area contributed by atoms with Crippen molar-refractivity contribution in [1.29, 1.82) is 0 Å². The predicted octanol–water partition coefficient (Wildman–Crippen LogP) is 17.9. The van der Waals surface area contributed by atoms with Gasteiger partial charge in [0.15, 0.2) is 0 Å². The van der Waals surface area contributed by atoms with Gasteiger partial charge in [-0.05, 0) is 145 Å². The Hall–Kier alpha value is -7.22. The lowest BCUT2D eigenvalue weighted by Gasteiger charge is -2.29. The molecule has 11 aromatic carbocycles. The van der Waals surface area contributed by atoms with Crippen molar-refractivity contribution in [2.75, 3.05) is 4.90 Å². The van der Waals surface area contributed by atoms with E-state index in [1.807, 2.05) is 0 Å². The Morgan fingerprint density at radius 1 is 0.286 bits per heavy atom. The molecule has 0 unspecified atom stereocenters. The molecule has 0 fully saturated rings. The molecule has 0 aliphatic heterocycles. The molecule has 0 bridgehead atoms. The number of fused-ring (bicyclic) bond motifs is 6. The highest BCUT2D eigenvalue weighted by molar-refractivity contribution is 6.39. The third kappa shape index (κ3) is 5.62. The standard InChI is InChI=1S/C62H49N/c1-61(2,3)40-24-28-42(29-25-40)63(43-30-26-41(27-31-43)62(4,5)6)53-37-36-47-49-33-35-52-58-51(34-32-48(57(49)58)46-22-15-23-50(53)56(46)47)59-54(38-16-9-7-10-17-38)44-20-13-14-21-45(44)55(60(52)59)39-18-11-8-12-19-39/h7-37H,1-6H3. The van der Waals surface area contributed by atoms with Crippen molar-refractivity contribution in [3.05, 3.63) is 199 Å². The molecular formula is C62H49N. The van der Waals surface area contributed by atoms with Crippen LogP contribution in [0.5, 0.6) is 0 Å². The van der Waals surface area contributed by atoms with E-state index in [-0.39, 0.29) is 10.8 Å². The van der Waals surface area contributed by atoms with E-state index in [1.54, 1.807) is 0 Å². The van der Waals surface area contributed by atoms with Crippen molar-refractivity contribution < 1.29 is 0 Å². The fourth-order valence-electron chi connectivity index (χ4n) is 10.8. The quantitative estimate of drug-likeness (QED) is 0.124. The van der Waals surface area contributed by atoms with E-state index in [1.165, 1.54) is 115 Å². The van der Waals surface area contributed by atoms with Crippen LogP contribution in [0.4, 0.5) is 17.1 Å². The first-order valence-corrected chi connectivity index (χ1v) is 22.4. The zero-order valence-electron chi connectivity index (χ0n) is 36.8. The monoisotopic (exact) mass is 807 g/mol. The van der Waals surface area contributed by atoms with Gasteiger partial charge in [0, 0.05) is 16.8 Å². The number of hydrogen-bond donors (Lipinski definition) is 0. The molecule has 302 valence electrons. The topological polar surface area (TPSA) is 3.24 Å². The van der Waals surface area contributed by atoms with E-state index in [0.29, 0.717) is 0 Å². The number of rotatable bonds is 5. The lowest BCUT2D eigenvalue weighted by Crippen LogP contribution is -2.14.